The predicted molar refractivity (Wildman–Crippen MR) is 150 cm³/mol. The Morgan fingerprint density at radius 2 is 1.85 bits per heavy atom. The molecule has 1 aromatic rings. The molecule has 41 heavy (non-hydrogen) atoms. The van der Waals surface area contributed by atoms with E-state index in [1.165, 1.54) is 19.8 Å². The summed E-state index contributed by atoms with van der Waals surface area (Å²) in [4.78, 5) is 45.0. The quantitative estimate of drug-likeness (QED) is 0.549. The molecule has 4 heterocycles. The number of amides is 2. The van der Waals surface area contributed by atoms with Crippen molar-refractivity contribution in [2.45, 2.75) is 58.0 Å². The standard InChI is InChI=1S/C28H34ClFN4O6S/c1-27(2)8-3-9-28(27)33(13-12-32-10-4-14-41(32,39)40)25(37)22-18-7-11-31(16-17-5-6-20(30)19(29)15-17)24(36)21(18)23(35)26(38)34(22)28/h6,15,17,35H,3-5,7-14,16H2,1-2H3. The highest BCUT2D eigenvalue weighted by Gasteiger charge is 2.62. The number of allylic oxidation sites excluding steroid dienone is 3. The lowest BCUT2D eigenvalue weighted by Gasteiger charge is -2.46. The van der Waals surface area contributed by atoms with Crippen molar-refractivity contribution in [1.82, 2.24) is 18.7 Å². The highest BCUT2D eigenvalue weighted by molar-refractivity contribution is 7.89. The van der Waals surface area contributed by atoms with Crippen LogP contribution < -0.4 is 5.56 Å². The van der Waals surface area contributed by atoms with Gasteiger partial charge in [0.25, 0.3) is 17.4 Å². The maximum atomic E-state index is 14.2. The van der Waals surface area contributed by atoms with Crippen LogP contribution in [-0.2, 0) is 22.1 Å². The minimum absolute atomic E-state index is 0.0121. The van der Waals surface area contributed by atoms with Gasteiger partial charge in [0, 0.05) is 43.7 Å². The summed E-state index contributed by atoms with van der Waals surface area (Å²) in [6, 6.07) is 0. The molecule has 0 radical (unpaired) electrons. The first-order valence-electron chi connectivity index (χ1n) is 14.1. The maximum Gasteiger partial charge on any atom is 0.296 e. The molecule has 10 nitrogen and oxygen atoms in total. The number of rotatable bonds is 5. The summed E-state index contributed by atoms with van der Waals surface area (Å²) in [6.07, 6.45) is 6.00. The number of halogens is 2. The van der Waals surface area contributed by atoms with Crippen LogP contribution in [0.3, 0.4) is 0 Å². The number of pyridine rings is 1. The van der Waals surface area contributed by atoms with E-state index in [1.54, 1.807) is 11.0 Å². The van der Waals surface area contributed by atoms with E-state index in [-0.39, 0.29) is 60.6 Å². The normalized spacial score (nSPS) is 28.7. The number of aromatic nitrogens is 1. The van der Waals surface area contributed by atoms with Crippen molar-refractivity contribution in [2.24, 2.45) is 11.3 Å². The Bertz CT molecular complexity index is 1580. The smallest absolute Gasteiger partial charge is 0.296 e. The zero-order valence-electron chi connectivity index (χ0n) is 23.2. The minimum atomic E-state index is -3.39. The van der Waals surface area contributed by atoms with E-state index < -0.39 is 50.1 Å². The lowest BCUT2D eigenvalue weighted by atomic mass is 9.80. The molecule has 2 fully saturated rings. The van der Waals surface area contributed by atoms with Gasteiger partial charge < -0.3 is 14.9 Å². The molecule has 2 unspecified atom stereocenters. The van der Waals surface area contributed by atoms with E-state index in [0.717, 1.165) is 12.8 Å². The molecule has 1 saturated carbocycles. The summed E-state index contributed by atoms with van der Waals surface area (Å²) in [5.41, 5.74) is -2.15. The molecule has 13 heteroatoms. The first-order valence-corrected chi connectivity index (χ1v) is 16.1. The van der Waals surface area contributed by atoms with Gasteiger partial charge in [0.15, 0.2) is 5.75 Å². The van der Waals surface area contributed by atoms with Crippen LogP contribution in [0.25, 0.3) is 0 Å². The number of hydrogen-bond donors (Lipinski definition) is 1. The fraction of sp³-hybridized carbons (Fsp3) is 0.607. The lowest BCUT2D eigenvalue weighted by Crippen LogP contribution is -2.57. The van der Waals surface area contributed by atoms with Crippen LogP contribution in [0.4, 0.5) is 4.39 Å². The number of sulfonamides is 1. The van der Waals surface area contributed by atoms with E-state index in [0.29, 0.717) is 31.4 Å². The number of nitrogens with zero attached hydrogens (tertiary/aromatic N) is 4. The van der Waals surface area contributed by atoms with Crippen molar-refractivity contribution in [3.8, 4) is 5.75 Å². The van der Waals surface area contributed by atoms with Crippen molar-refractivity contribution < 1.29 is 27.5 Å². The summed E-state index contributed by atoms with van der Waals surface area (Å²) in [7, 11) is -3.39. The summed E-state index contributed by atoms with van der Waals surface area (Å²) in [6.45, 7) is 5.03. The third-order valence-electron chi connectivity index (χ3n) is 9.70. The molecule has 0 aromatic carbocycles. The van der Waals surface area contributed by atoms with Gasteiger partial charge >= 0.3 is 0 Å². The number of aromatic hydroxyl groups is 1. The molecule has 2 atom stereocenters. The second-order valence-corrected chi connectivity index (χ2v) is 14.8. The van der Waals surface area contributed by atoms with E-state index in [1.807, 2.05) is 13.8 Å². The average molecular weight is 609 g/mol. The van der Waals surface area contributed by atoms with Crippen LogP contribution in [0.2, 0.25) is 0 Å². The Morgan fingerprint density at radius 3 is 2.49 bits per heavy atom. The lowest BCUT2D eigenvalue weighted by molar-refractivity contribution is -0.0263. The molecule has 1 spiro atoms. The summed E-state index contributed by atoms with van der Waals surface area (Å²) in [5.74, 6) is -2.32. The van der Waals surface area contributed by atoms with Gasteiger partial charge in [-0.2, -0.15) is 0 Å². The van der Waals surface area contributed by atoms with Gasteiger partial charge in [-0.25, -0.2) is 17.1 Å². The van der Waals surface area contributed by atoms with Crippen molar-refractivity contribution in [3.05, 3.63) is 50.2 Å². The highest BCUT2D eigenvalue weighted by Crippen LogP contribution is 2.56. The number of hydrogen-bond acceptors (Lipinski definition) is 6. The second-order valence-electron chi connectivity index (χ2n) is 12.3. The van der Waals surface area contributed by atoms with Gasteiger partial charge in [0.2, 0.25) is 10.0 Å². The summed E-state index contributed by atoms with van der Waals surface area (Å²) < 4.78 is 41.5. The molecule has 5 aliphatic rings. The SMILES string of the molecule is CC1(C)CCCC12N(CCN1CCCS1(=O)=O)C(=O)c1c3c(c(O)c(=O)n12)C(=O)N(CC1C=C(Cl)C(F)=CC1)CC3. The Hall–Kier alpha value is -2.70. The summed E-state index contributed by atoms with van der Waals surface area (Å²) in [5, 5.41) is 11.2. The van der Waals surface area contributed by atoms with Gasteiger partial charge in [-0.15, -0.1) is 0 Å². The average Bonchev–Trinajstić information content (AvgIpc) is 3.50. The van der Waals surface area contributed by atoms with E-state index in [9.17, 15) is 32.3 Å². The highest BCUT2D eigenvalue weighted by atomic mass is 35.5. The fourth-order valence-corrected chi connectivity index (χ4v) is 9.42. The third kappa shape index (κ3) is 4.11. The second kappa shape index (κ2) is 9.67. The Balaban J connectivity index is 1.40. The van der Waals surface area contributed by atoms with E-state index >= 15 is 0 Å². The molecule has 1 N–H and O–H groups in total. The molecule has 1 saturated heterocycles. The van der Waals surface area contributed by atoms with Gasteiger partial charge in [0.05, 0.1) is 16.3 Å². The largest absolute Gasteiger partial charge is 0.502 e. The van der Waals surface area contributed by atoms with Crippen molar-refractivity contribution in [1.29, 1.82) is 0 Å². The Labute approximate surface area is 243 Å². The van der Waals surface area contributed by atoms with Crippen molar-refractivity contribution in [2.75, 3.05) is 38.5 Å². The Morgan fingerprint density at radius 1 is 1.10 bits per heavy atom. The van der Waals surface area contributed by atoms with Gasteiger partial charge in [-0.1, -0.05) is 31.5 Å². The number of carbonyl (C=O) groups excluding carboxylic acids is 2. The first kappa shape index (κ1) is 28.4. The van der Waals surface area contributed by atoms with Gasteiger partial charge in [-0.3, -0.25) is 19.0 Å². The molecule has 2 amide bonds. The maximum absolute atomic E-state index is 14.2. The monoisotopic (exact) mass is 608 g/mol. The summed E-state index contributed by atoms with van der Waals surface area (Å²) >= 11 is 5.95. The zero-order valence-corrected chi connectivity index (χ0v) is 24.7. The topological polar surface area (TPSA) is 120 Å². The van der Waals surface area contributed by atoms with Crippen LogP contribution in [0, 0.1) is 11.3 Å². The third-order valence-corrected chi connectivity index (χ3v) is 12.0. The molecule has 222 valence electrons. The van der Waals surface area contributed by atoms with Crippen LogP contribution in [-0.4, -0.2) is 82.5 Å². The molecule has 6 rings (SSSR count). The predicted octanol–water partition coefficient (Wildman–Crippen LogP) is 2.90. The molecular weight excluding hydrogens is 575 g/mol. The molecular formula is C28H34ClFN4O6S. The molecule has 3 aliphatic heterocycles. The van der Waals surface area contributed by atoms with Crippen molar-refractivity contribution in [3.63, 3.8) is 0 Å². The van der Waals surface area contributed by atoms with Gasteiger partial charge in [0.1, 0.15) is 17.2 Å². The van der Waals surface area contributed by atoms with Crippen LogP contribution >= 0.6 is 11.6 Å². The minimum Gasteiger partial charge on any atom is -0.502 e. The van der Waals surface area contributed by atoms with Crippen LogP contribution in [0.5, 0.6) is 5.75 Å². The van der Waals surface area contributed by atoms with E-state index in [4.69, 9.17) is 11.6 Å². The first-order chi connectivity index (χ1) is 19.3. The molecule has 2 aliphatic carbocycles. The zero-order chi connectivity index (χ0) is 29.5. The number of carbonyl (C=O) groups is 2. The Kier molecular flexibility index (Phi) is 6.70. The van der Waals surface area contributed by atoms with Crippen LogP contribution in [0.15, 0.2) is 27.8 Å². The van der Waals surface area contributed by atoms with Gasteiger partial charge in [-0.05, 0) is 50.5 Å². The van der Waals surface area contributed by atoms with Crippen LogP contribution in [0.1, 0.15) is 72.4 Å². The molecule has 0 bridgehead atoms. The van der Waals surface area contributed by atoms with Crippen molar-refractivity contribution >= 4 is 33.4 Å². The molecule has 1 aromatic heterocycles. The van der Waals surface area contributed by atoms with E-state index in [2.05, 4.69) is 0 Å². The fourth-order valence-electron chi connectivity index (χ4n) is 7.65. The number of fused-ring (bicyclic) bond motifs is 4.